The van der Waals surface area contributed by atoms with Crippen molar-refractivity contribution in [3.05, 3.63) is 12.2 Å². The second-order valence-corrected chi connectivity index (χ2v) is 6.29. The van der Waals surface area contributed by atoms with Crippen molar-refractivity contribution in [1.82, 2.24) is 0 Å². The van der Waals surface area contributed by atoms with Crippen LogP contribution in [0.3, 0.4) is 0 Å². The fraction of sp³-hybridized carbons (Fsp3) is 0.733. The smallest absolute Gasteiger partial charge is 0.318 e. The van der Waals surface area contributed by atoms with Crippen molar-refractivity contribution < 1.29 is 29.3 Å². The highest BCUT2D eigenvalue weighted by molar-refractivity contribution is 5.84. The SMILES string of the molecule is C=C1CC(C)(C(=O)OCC(C)CO)COC(=O)C1(C)CO. The molecule has 1 aliphatic heterocycles. The zero-order chi connectivity index (χ0) is 16.3. The van der Waals surface area contributed by atoms with Crippen LogP contribution in [0, 0.1) is 16.7 Å². The predicted octanol–water partition coefficient (Wildman–Crippen LogP) is 0.666. The van der Waals surface area contributed by atoms with E-state index in [4.69, 9.17) is 14.6 Å². The van der Waals surface area contributed by atoms with E-state index < -0.39 is 29.4 Å². The van der Waals surface area contributed by atoms with Crippen LogP contribution in [0.15, 0.2) is 12.2 Å². The zero-order valence-electron chi connectivity index (χ0n) is 12.8. The van der Waals surface area contributed by atoms with Gasteiger partial charge in [-0.25, -0.2) is 0 Å². The Hall–Kier alpha value is -1.40. The maximum Gasteiger partial charge on any atom is 0.318 e. The molecular weight excluding hydrogens is 276 g/mol. The second-order valence-electron chi connectivity index (χ2n) is 6.29. The van der Waals surface area contributed by atoms with Crippen LogP contribution in [-0.2, 0) is 19.1 Å². The lowest BCUT2D eigenvalue weighted by atomic mass is 9.75. The molecule has 1 heterocycles. The first kappa shape index (κ1) is 17.7. The number of aliphatic hydroxyl groups excluding tert-OH is 2. The summed E-state index contributed by atoms with van der Waals surface area (Å²) >= 11 is 0. The molecule has 21 heavy (non-hydrogen) atoms. The fourth-order valence-electron chi connectivity index (χ4n) is 2.00. The van der Waals surface area contributed by atoms with Gasteiger partial charge in [-0.05, 0) is 20.3 Å². The minimum atomic E-state index is -1.20. The first-order valence-corrected chi connectivity index (χ1v) is 6.94. The van der Waals surface area contributed by atoms with Crippen molar-refractivity contribution in [2.45, 2.75) is 27.2 Å². The first-order chi connectivity index (χ1) is 9.69. The Kier molecular flexibility index (Phi) is 5.53. The molecule has 0 aliphatic carbocycles. The Morgan fingerprint density at radius 3 is 2.62 bits per heavy atom. The summed E-state index contributed by atoms with van der Waals surface area (Å²) in [6.07, 6.45) is 0.197. The van der Waals surface area contributed by atoms with Crippen LogP contribution < -0.4 is 0 Å². The highest BCUT2D eigenvalue weighted by Crippen LogP contribution is 2.40. The Morgan fingerprint density at radius 2 is 2.10 bits per heavy atom. The summed E-state index contributed by atoms with van der Waals surface area (Å²) in [4.78, 5) is 24.2. The van der Waals surface area contributed by atoms with Gasteiger partial charge in [-0.2, -0.15) is 0 Å². The molecule has 0 amide bonds. The fourth-order valence-corrected chi connectivity index (χ4v) is 2.00. The summed E-state index contributed by atoms with van der Waals surface area (Å²) in [5.41, 5.74) is -1.78. The van der Waals surface area contributed by atoms with Crippen LogP contribution >= 0.6 is 0 Å². The molecule has 0 aromatic rings. The van der Waals surface area contributed by atoms with Crippen LogP contribution in [0.25, 0.3) is 0 Å². The number of carbonyl (C=O) groups is 2. The summed E-state index contributed by atoms with van der Waals surface area (Å²) < 4.78 is 10.3. The molecule has 0 saturated carbocycles. The van der Waals surface area contributed by atoms with Gasteiger partial charge in [-0.3, -0.25) is 9.59 Å². The third-order valence-electron chi connectivity index (χ3n) is 3.98. The third kappa shape index (κ3) is 3.63. The Balaban J connectivity index is 2.85. The molecule has 0 bridgehead atoms. The number of rotatable bonds is 5. The molecule has 0 radical (unpaired) electrons. The van der Waals surface area contributed by atoms with E-state index in [9.17, 15) is 14.7 Å². The van der Waals surface area contributed by atoms with Crippen LogP contribution in [0.5, 0.6) is 0 Å². The molecule has 1 fully saturated rings. The van der Waals surface area contributed by atoms with Gasteiger partial charge in [0.25, 0.3) is 0 Å². The second kappa shape index (κ2) is 6.58. The number of aliphatic hydroxyl groups is 2. The molecule has 1 saturated heterocycles. The van der Waals surface area contributed by atoms with Gasteiger partial charge in [0.15, 0.2) is 0 Å². The van der Waals surface area contributed by atoms with E-state index in [2.05, 4.69) is 6.58 Å². The van der Waals surface area contributed by atoms with E-state index in [0.29, 0.717) is 5.57 Å². The van der Waals surface area contributed by atoms with Gasteiger partial charge in [0, 0.05) is 12.5 Å². The molecule has 6 nitrogen and oxygen atoms in total. The predicted molar refractivity (Wildman–Crippen MR) is 75.2 cm³/mol. The lowest BCUT2D eigenvalue weighted by Crippen LogP contribution is -2.35. The topological polar surface area (TPSA) is 93.1 Å². The standard InChI is InChI=1S/C15H24O6/c1-10(6-16)7-20-12(18)14(3)5-11(2)15(4,8-17)13(19)21-9-14/h10,16-17H,2,5-9H2,1,3-4H3. The molecule has 0 aromatic carbocycles. The molecule has 3 atom stereocenters. The molecule has 0 spiro atoms. The monoisotopic (exact) mass is 300 g/mol. The number of cyclic esters (lactones) is 1. The van der Waals surface area contributed by atoms with Crippen LogP contribution in [0.1, 0.15) is 27.2 Å². The molecule has 120 valence electrons. The van der Waals surface area contributed by atoms with Crippen molar-refractivity contribution in [3.63, 3.8) is 0 Å². The highest BCUT2D eigenvalue weighted by Gasteiger charge is 2.48. The first-order valence-electron chi connectivity index (χ1n) is 6.94. The molecular formula is C15H24O6. The maximum absolute atomic E-state index is 12.2. The van der Waals surface area contributed by atoms with Gasteiger partial charge in [-0.1, -0.05) is 19.1 Å². The van der Waals surface area contributed by atoms with Gasteiger partial charge < -0.3 is 19.7 Å². The van der Waals surface area contributed by atoms with Crippen LogP contribution in [-0.4, -0.2) is 48.6 Å². The van der Waals surface area contributed by atoms with E-state index in [1.54, 1.807) is 20.8 Å². The minimum Gasteiger partial charge on any atom is -0.465 e. The van der Waals surface area contributed by atoms with E-state index in [1.165, 1.54) is 0 Å². The number of carbonyl (C=O) groups excluding carboxylic acids is 2. The summed E-state index contributed by atoms with van der Waals surface area (Å²) in [6.45, 7) is 8.25. The minimum absolute atomic E-state index is 0.0751. The lowest BCUT2D eigenvalue weighted by molar-refractivity contribution is -0.164. The lowest BCUT2D eigenvalue weighted by Gasteiger charge is -2.27. The van der Waals surface area contributed by atoms with Crippen molar-refractivity contribution >= 4 is 11.9 Å². The highest BCUT2D eigenvalue weighted by atomic mass is 16.6. The normalized spacial score (nSPS) is 31.3. The van der Waals surface area contributed by atoms with Gasteiger partial charge >= 0.3 is 11.9 Å². The van der Waals surface area contributed by atoms with Crippen molar-refractivity contribution in [2.24, 2.45) is 16.7 Å². The van der Waals surface area contributed by atoms with E-state index in [1.807, 2.05) is 0 Å². The number of esters is 2. The molecule has 1 rings (SSSR count). The largest absolute Gasteiger partial charge is 0.465 e. The van der Waals surface area contributed by atoms with Crippen LogP contribution in [0.4, 0.5) is 0 Å². The molecule has 6 heteroatoms. The van der Waals surface area contributed by atoms with Crippen molar-refractivity contribution in [3.8, 4) is 0 Å². The van der Waals surface area contributed by atoms with Gasteiger partial charge in [0.1, 0.15) is 17.4 Å². The van der Waals surface area contributed by atoms with Gasteiger partial charge in [-0.15, -0.1) is 0 Å². The summed E-state index contributed by atoms with van der Waals surface area (Å²) in [7, 11) is 0. The summed E-state index contributed by atoms with van der Waals surface area (Å²) in [6, 6.07) is 0. The Morgan fingerprint density at radius 1 is 1.48 bits per heavy atom. The Bertz CT molecular complexity index is 432. The summed E-state index contributed by atoms with van der Waals surface area (Å²) in [5, 5.41) is 18.4. The van der Waals surface area contributed by atoms with Gasteiger partial charge in [0.05, 0.1) is 13.2 Å². The van der Waals surface area contributed by atoms with Crippen molar-refractivity contribution in [2.75, 3.05) is 26.4 Å². The molecule has 0 aromatic heterocycles. The number of hydrogen-bond acceptors (Lipinski definition) is 6. The number of hydrogen-bond donors (Lipinski definition) is 2. The van der Waals surface area contributed by atoms with E-state index in [-0.39, 0.29) is 32.2 Å². The van der Waals surface area contributed by atoms with E-state index >= 15 is 0 Å². The van der Waals surface area contributed by atoms with Gasteiger partial charge in [0.2, 0.25) is 0 Å². The summed E-state index contributed by atoms with van der Waals surface area (Å²) in [5.74, 6) is -1.24. The maximum atomic E-state index is 12.2. The molecule has 1 aliphatic rings. The van der Waals surface area contributed by atoms with Crippen LogP contribution in [0.2, 0.25) is 0 Å². The third-order valence-corrected chi connectivity index (χ3v) is 3.98. The average molecular weight is 300 g/mol. The molecule has 3 unspecified atom stereocenters. The van der Waals surface area contributed by atoms with E-state index in [0.717, 1.165) is 0 Å². The average Bonchev–Trinajstić information content (AvgIpc) is 2.55. The molecule has 2 N–H and O–H groups in total. The number of ether oxygens (including phenoxy) is 2. The van der Waals surface area contributed by atoms with Crippen molar-refractivity contribution in [1.29, 1.82) is 0 Å². The quantitative estimate of drug-likeness (QED) is 0.572. The zero-order valence-corrected chi connectivity index (χ0v) is 12.8. The Labute approximate surface area is 124 Å².